The van der Waals surface area contributed by atoms with Crippen molar-refractivity contribution in [3.05, 3.63) is 35.9 Å². The molecule has 2 nitrogen and oxygen atoms in total. The summed E-state index contributed by atoms with van der Waals surface area (Å²) in [5.74, 6) is 0. The summed E-state index contributed by atoms with van der Waals surface area (Å²) >= 11 is 0. The van der Waals surface area contributed by atoms with E-state index in [1.807, 2.05) is 30.3 Å². The lowest BCUT2D eigenvalue weighted by atomic mass is 9.90. The molecular weight excluding hydrogens is 222 g/mol. The highest BCUT2D eigenvalue weighted by molar-refractivity contribution is 5.17. The number of rotatable bonds is 4. The van der Waals surface area contributed by atoms with E-state index in [0.717, 1.165) is 18.5 Å². The number of hydrogen-bond donors (Lipinski definition) is 1. The summed E-state index contributed by atoms with van der Waals surface area (Å²) in [6, 6.07) is 9.98. The van der Waals surface area contributed by atoms with Crippen LogP contribution < -0.4 is 0 Å². The number of aliphatic hydroxyl groups is 1. The number of aliphatic hydroxyl groups excluding tert-OH is 1. The van der Waals surface area contributed by atoms with Gasteiger partial charge in [0.05, 0.1) is 6.10 Å². The monoisotopic (exact) mass is 247 g/mol. The molecule has 100 valence electrons. The molecule has 0 radical (unpaired) electrons. The van der Waals surface area contributed by atoms with Gasteiger partial charge in [0.2, 0.25) is 0 Å². The first kappa shape index (κ1) is 13.6. The summed E-state index contributed by atoms with van der Waals surface area (Å²) in [7, 11) is 0. The number of likely N-dealkylation sites (tertiary alicyclic amines) is 1. The molecule has 2 rings (SSSR count). The van der Waals surface area contributed by atoms with Crippen LogP contribution in [0.3, 0.4) is 0 Å². The van der Waals surface area contributed by atoms with E-state index in [0.29, 0.717) is 5.54 Å². The molecule has 0 bridgehead atoms. The van der Waals surface area contributed by atoms with Crippen LogP contribution in [0.4, 0.5) is 0 Å². The molecule has 1 aliphatic rings. The zero-order chi connectivity index (χ0) is 13.0. The minimum absolute atomic E-state index is 0.300. The van der Waals surface area contributed by atoms with Crippen LogP contribution in [-0.4, -0.2) is 28.6 Å². The Hall–Kier alpha value is -0.860. The summed E-state index contributed by atoms with van der Waals surface area (Å²) in [4.78, 5) is 2.53. The maximum Gasteiger partial charge on any atom is 0.0802 e. The molecule has 0 aliphatic carbocycles. The normalized spacial score (nSPS) is 21.7. The molecule has 1 saturated heterocycles. The predicted octanol–water partition coefficient (Wildman–Crippen LogP) is 3.37. The molecule has 1 fully saturated rings. The van der Waals surface area contributed by atoms with Crippen molar-refractivity contribution < 1.29 is 5.11 Å². The van der Waals surface area contributed by atoms with Gasteiger partial charge in [-0.05, 0) is 45.2 Å². The Morgan fingerprint density at radius 2 is 1.94 bits per heavy atom. The third kappa shape index (κ3) is 3.33. The van der Waals surface area contributed by atoms with Gasteiger partial charge in [0, 0.05) is 12.1 Å². The summed E-state index contributed by atoms with van der Waals surface area (Å²) in [6.45, 7) is 6.81. The van der Waals surface area contributed by atoms with Crippen molar-refractivity contribution in [2.24, 2.45) is 0 Å². The van der Waals surface area contributed by atoms with Crippen molar-refractivity contribution in [2.75, 3.05) is 13.1 Å². The Kier molecular flexibility index (Phi) is 4.41. The first-order valence-corrected chi connectivity index (χ1v) is 7.08. The highest BCUT2D eigenvalue weighted by atomic mass is 16.3. The Labute approximate surface area is 111 Å². The highest BCUT2D eigenvalue weighted by Gasteiger charge is 2.29. The van der Waals surface area contributed by atoms with Crippen molar-refractivity contribution >= 4 is 0 Å². The van der Waals surface area contributed by atoms with Crippen molar-refractivity contribution in [3.63, 3.8) is 0 Å². The van der Waals surface area contributed by atoms with Crippen LogP contribution in [0, 0.1) is 0 Å². The lowest BCUT2D eigenvalue weighted by Gasteiger charge is -2.42. The average molecular weight is 247 g/mol. The van der Waals surface area contributed by atoms with E-state index in [4.69, 9.17) is 0 Å². The van der Waals surface area contributed by atoms with Crippen LogP contribution in [0.2, 0.25) is 0 Å². The van der Waals surface area contributed by atoms with E-state index in [-0.39, 0.29) is 6.10 Å². The number of benzene rings is 1. The van der Waals surface area contributed by atoms with Gasteiger partial charge >= 0.3 is 0 Å². The summed E-state index contributed by atoms with van der Waals surface area (Å²) in [5.41, 5.74) is 1.33. The maximum absolute atomic E-state index is 10.2. The van der Waals surface area contributed by atoms with Crippen LogP contribution in [0.15, 0.2) is 30.3 Å². The average Bonchev–Trinajstić information content (AvgIpc) is 2.38. The van der Waals surface area contributed by atoms with Gasteiger partial charge in [-0.1, -0.05) is 36.8 Å². The Balaban J connectivity index is 1.87. The second-order valence-corrected chi connectivity index (χ2v) is 5.97. The van der Waals surface area contributed by atoms with Gasteiger partial charge in [-0.25, -0.2) is 0 Å². The highest BCUT2D eigenvalue weighted by Crippen LogP contribution is 2.28. The summed E-state index contributed by atoms with van der Waals surface area (Å²) in [6.07, 6.45) is 4.40. The Bertz CT molecular complexity index is 361. The molecule has 1 unspecified atom stereocenters. The van der Waals surface area contributed by atoms with Crippen LogP contribution in [0.5, 0.6) is 0 Å². The quantitative estimate of drug-likeness (QED) is 0.881. The molecule has 1 aliphatic heterocycles. The smallest absolute Gasteiger partial charge is 0.0802 e. The molecule has 0 spiro atoms. The van der Waals surface area contributed by atoms with Gasteiger partial charge in [-0.3, -0.25) is 4.90 Å². The van der Waals surface area contributed by atoms with E-state index < -0.39 is 0 Å². The summed E-state index contributed by atoms with van der Waals surface area (Å²) < 4.78 is 0. The van der Waals surface area contributed by atoms with Gasteiger partial charge in [-0.2, -0.15) is 0 Å². The van der Waals surface area contributed by atoms with Crippen molar-refractivity contribution in [1.29, 1.82) is 0 Å². The third-order valence-electron chi connectivity index (χ3n) is 4.18. The number of nitrogens with zero attached hydrogens (tertiary/aromatic N) is 1. The molecule has 1 aromatic carbocycles. The van der Waals surface area contributed by atoms with E-state index in [2.05, 4.69) is 18.7 Å². The first-order valence-electron chi connectivity index (χ1n) is 7.08. The first-order chi connectivity index (χ1) is 8.59. The fourth-order valence-corrected chi connectivity index (χ4v) is 2.86. The third-order valence-corrected chi connectivity index (χ3v) is 4.18. The van der Waals surface area contributed by atoms with Crippen molar-refractivity contribution in [3.8, 4) is 0 Å². The topological polar surface area (TPSA) is 23.5 Å². The molecule has 1 heterocycles. The van der Waals surface area contributed by atoms with E-state index in [1.165, 1.54) is 25.8 Å². The molecule has 1 aromatic rings. The molecule has 0 amide bonds. The molecular formula is C16H25NO. The second-order valence-electron chi connectivity index (χ2n) is 5.97. The molecule has 2 heteroatoms. The number of piperidine rings is 1. The van der Waals surface area contributed by atoms with Crippen LogP contribution in [0.25, 0.3) is 0 Å². The van der Waals surface area contributed by atoms with Crippen molar-refractivity contribution in [1.82, 2.24) is 4.90 Å². The lowest BCUT2D eigenvalue weighted by Crippen LogP contribution is -2.47. The largest absolute Gasteiger partial charge is 0.388 e. The molecule has 1 atom stereocenters. The minimum atomic E-state index is -0.330. The lowest BCUT2D eigenvalue weighted by molar-refractivity contribution is 0.0557. The fraction of sp³-hybridized carbons (Fsp3) is 0.625. The zero-order valence-corrected chi connectivity index (χ0v) is 11.6. The van der Waals surface area contributed by atoms with E-state index in [9.17, 15) is 5.11 Å². The SMILES string of the molecule is CC1(C)CCCCN1CCC(O)c1ccccc1. The fourth-order valence-electron chi connectivity index (χ4n) is 2.86. The predicted molar refractivity (Wildman–Crippen MR) is 75.5 cm³/mol. The van der Waals surface area contributed by atoms with Crippen LogP contribution in [-0.2, 0) is 0 Å². The van der Waals surface area contributed by atoms with Crippen LogP contribution >= 0.6 is 0 Å². The minimum Gasteiger partial charge on any atom is -0.388 e. The zero-order valence-electron chi connectivity index (χ0n) is 11.6. The number of hydrogen-bond acceptors (Lipinski definition) is 2. The molecule has 18 heavy (non-hydrogen) atoms. The standard InChI is InChI=1S/C16H25NO/c1-16(2)11-6-7-12-17(16)13-10-15(18)14-8-4-3-5-9-14/h3-5,8-9,15,18H,6-7,10-13H2,1-2H3. The van der Waals surface area contributed by atoms with E-state index in [1.54, 1.807) is 0 Å². The van der Waals surface area contributed by atoms with Gasteiger partial charge in [-0.15, -0.1) is 0 Å². The molecule has 0 saturated carbocycles. The van der Waals surface area contributed by atoms with Gasteiger partial charge < -0.3 is 5.11 Å². The Morgan fingerprint density at radius 3 is 2.61 bits per heavy atom. The maximum atomic E-state index is 10.2. The van der Waals surface area contributed by atoms with Gasteiger partial charge in [0.25, 0.3) is 0 Å². The van der Waals surface area contributed by atoms with Crippen LogP contribution in [0.1, 0.15) is 51.2 Å². The van der Waals surface area contributed by atoms with E-state index >= 15 is 0 Å². The van der Waals surface area contributed by atoms with Crippen molar-refractivity contribution in [2.45, 2.75) is 51.2 Å². The van der Waals surface area contributed by atoms with Gasteiger partial charge in [0.1, 0.15) is 0 Å². The molecule has 1 N–H and O–H groups in total. The molecule has 0 aromatic heterocycles. The summed E-state index contributed by atoms with van der Waals surface area (Å²) in [5, 5.41) is 10.2. The van der Waals surface area contributed by atoms with Gasteiger partial charge in [0.15, 0.2) is 0 Å². The Morgan fingerprint density at radius 1 is 1.22 bits per heavy atom. The second kappa shape index (κ2) is 5.85.